The maximum atomic E-state index is 3.98. The Kier molecular flexibility index (Phi) is 2.31. The van der Waals surface area contributed by atoms with Crippen molar-refractivity contribution in [2.75, 3.05) is 0 Å². The van der Waals surface area contributed by atoms with E-state index in [-0.39, 0.29) is 0 Å². The van der Waals surface area contributed by atoms with Crippen LogP contribution in [0.1, 0.15) is 5.56 Å². The first-order chi connectivity index (χ1) is 4.43. The van der Waals surface area contributed by atoms with Crippen molar-refractivity contribution >= 4 is 7.28 Å². The number of pyridine rings is 1. The molecule has 0 spiro atoms. The number of hydrogen-bond acceptors (Lipinski definition) is 1. The Morgan fingerprint density at radius 3 is 3.11 bits per heavy atom. The van der Waals surface area contributed by atoms with Crippen LogP contribution < -0.4 is 0 Å². The summed E-state index contributed by atoms with van der Waals surface area (Å²) < 4.78 is 0. The highest BCUT2D eigenvalue weighted by Gasteiger charge is 1.86. The molecule has 0 aliphatic carbocycles. The SMILES string of the molecule is C[B]Cc1cccnc1. The molecule has 0 amide bonds. The molecule has 1 aromatic rings. The molecule has 0 fully saturated rings. The molecule has 0 saturated carbocycles. The van der Waals surface area contributed by atoms with Crippen LogP contribution in [0, 0.1) is 0 Å². The Hall–Kier alpha value is -0.785. The van der Waals surface area contributed by atoms with E-state index in [1.54, 1.807) is 6.20 Å². The quantitative estimate of drug-likeness (QED) is 0.534. The molecule has 0 unspecified atom stereocenters. The molecule has 0 saturated heterocycles. The Balaban J connectivity index is 2.61. The number of nitrogens with zero attached hydrogens (tertiary/aromatic N) is 1. The van der Waals surface area contributed by atoms with E-state index in [1.807, 2.05) is 19.1 Å². The summed E-state index contributed by atoms with van der Waals surface area (Å²) >= 11 is 0. The lowest BCUT2D eigenvalue weighted by Crippen LogP contribution is -1.90. The molecule has 45 valence electrons. The van der Waals surface area contributed by atoms with Gasteiger partial charge in [-0.25, -0.2) is 0 Å². The average Bonchev–Trinajstić information content (AvgIpc) is 1.91. The third kappa shape index (κ3) is 1.88. The fourth-order valence-corrected chi connectivity index (χ4v) is 0.755. The van der Waals surface area contributed by atoms with Gasteiger partial charge in [-0.05, 0) is 11.6 Å². The summed E-state index contributed by atoms with van der Waals surface area (Å²) in [5, 5.41) is 0. The van der Waals surface area contributed by atoms with Crippen LogP contribution in [0.3, 0.4) is 0 Å². The smallest absolute Gasteiger partial charge is 0.111 e. The van der Waals surface area contributed by atoms with Crippen LogP contribution in [0.5, 0.6) is 0 Å². The van der Waals surface area contributed by atoms with Gasteiger partial charge in [-0.1, -0.05) is 19.2 Å². The fourth-order valence-electron chi connectivity index (χ4n) is 0.755. The zero-order valence-electron chi connectivity index (χ0n) is 5.54. The van der Waals surface area contributed by atoms with Gasteiger partial charge in [0, 0.05) is 12.4 Å². The molecule has 9 heavy (non-hydrogen) atoms. The van der Waals surface area contributed by atoms with Crippen molar-refractivity contribution in [3.8, 4) is 0 Å². The van der Waals surface area contributed by atoms with E-state index in [0.29, 0.717) is 0 Å². The summed E-state index contributed by atoms with van der Waals surface area (Å²) in [5.74, 6) is 0. The van der Waals surface area contributed by atoms with Crippen LogP contribution >= 0.6 is 0 Å². The van der Waals surface area contributed by atoms with E-state index >= 15 is 0 Å². The lowest BCUT2D eigenvalue weighted by molar-refractivity contribution is 1.24. The molecule has 0 aliphatic heterocycles. The summed E-state index contributed by atoms with van der Waals surface area (Å²) in [6, 6.07) is 4.03. The standard InChI is InChI=1S/C7H9BN/c1-8-5-7-3-2-4-9-6-7/h2-4,6H,5H2,1H3. The summed E-state index contributed by atoms with van der Waals surface area (Å²) in [4.78, 5) is 3.98. The van der Waals surface area contributed by atoms with Crippen molar-refractivity contribution in [1.29, 1.82) is 0 Å². The van der Waals surface area contributed by atoms with Crippen molar-refractivity contribution in [2.24, 2.45) is 0 Å². The Bertz CT molecular complexity index is 162. The van der Waals surface area contributed by atoms with Crippen LogP contribution in [0.15, 0.2) is 24.5 Å². The first-order valence-electron chi connectivity index (χ1n) is 3.10. The van der Waals surface area contributed by atoms with E-state index < -0.39 is 0 Å². The van der Waals surface area contributed by atoms with E-state index in [9.17, 15) is 0 Å². The van der Waals surface area contributed by atoms with Gasteiger partial charge in [0.15, 0.2) is 0 Å². The molecule has 0 aromatic carbocycles. The predicted octanol–water partition coefficient (Wildman–Crippen LogP) is 1.33. The molecular weight excluding hydrogens is 109 g/mol. The minimum absolute atomic E-state index is 1.02. The lowest BCUT2D eigenvalue weighted by Gasteiger charge is -1.92. The molecule has 0 atom stereocenters. The van der Waals surface area contributed by atoms with E-state index in [0.717, 1.165) is 6.32 Å². The van der Waals surface area contributed by atoms with Gasteiger partial charge in [0.25, 0.3) is 0 Å². The number of aromatic nitrogens is 1. The first kappa shape index (κ1) is 6.34. The Morgan fingerprint density at radius 2 is 2.56 bits per heavy atom. The number of rotatable bonds is 2. The van der Waals surface area contributed by atoms with Crippen molar-refractivity contribution in [1.82, 2.24) is 4.98 Å². The highest BCUT2D eigenvalue weighted by molar-refractivity contribution is 6.32. The second kappa shape index (κ2) is 3.28. The second-order valence-electron chi connectivity index (χ2n) is 1.97. The minimum atomic E-state index is 1.02. The molecule has 0 bridgehead atoms. The third-order valence-electron chi connectivity index (χ3n) is 1.16. The molecule has 1 nitrogen and oxygen atoms in total. The summed E-state index contributed by atoms with van der Waals surface area (Å²) in [6.07, 6.45) is 4.70. The second-order valence-corrected chi connectivity index (χ2v) is 1.97. The maximum absolute atomic E-state index is 3.98. The van der Waals surface area contributed by atoms with E-state index in [2.05, 4.69) is 18.3 Å². The van der Waals surface area contributed by atoms with E-state index in [4.69, 9.17) is 0 Å². The Morgan fingerprint density at radius 1 is 1.67 bits per heavy atom. The fraction of sp³-hybridized carbons (Fsp3) is 0.286. The maximum Gasteiger partial charge on any atom is 0.111 e. The van der Waals surface area contributed by atoms with Gasteiger partial charge in [-0.3, -0.25) is 4.98 Å². The molecular formula is C7H9BN. The lowest BCUT2D eigenvalue weighted by atomic mass is 9.75. The summed E-state index contributed by atoms with van der Waals surface area (Å²) in [6.45, 7) is 2.05. The summed E-state index contributed by atoms with van der Waals surface area (Å²) in [5.41, 5.74) is 1.28. The van der Waals surface area contributed by atoms with Crippen molar-refractivity contribution in [3.63, 3.8) is 0 Å². The van der Waals surface area contributed by atoms with Gasteiger partial charge in [-0.15, -0.1) is 0 Å². The average molecular weight is 118 g/mol. The topological polar surface area (TPSA) is 12.9 Å². The van der Waals surface area contributed by atoms with Crippen LogP contribution in [0.4, 0.5) is 0 Å². The van der Waals surface area contributed by atoms with Gasteiger partial charge in [0.05, 0.1) is 0 Å². The monoisotopic (exact) mass is 118 g/mol. The van der Waals surface area contributed by atoms with Crippen molar-refractivity contribution in [3.05, 3.63) is 30.1 Å². The predicted molar refractivity (Wildman–Crippen MR) is 39.6 cm³/mol. The summed E-state index contributed by atoms with van der Waals surface area (Å²) in [7, 11) is 2.12. The minimum Gasteiger partial charge on any atom is -0.264 e. The molecule has 1 rings (SSSR count). The third-order valence-corrected chi connectivity index (χ3v) is 1.16. The van der Waals surface area contributed by atoms with Gasteiger partial charge in [0.2, 0.25) is 0 Å². The molecule has 0 aliphatic rings. The zero-order chi connectivity index (χ0) is 6.53. The van der Waals surface area contributed by atoms with Gasteiger partial charge < -0.3 is 0 Å². The highest BCUT2D eigenvalue weighted by Crippen LogP contribution is 1.94. The normalized spacial score (nSPS) is 9.00. The van der Waals surface area contributed by atoms with Crippen molar-refractivity contribution in [2.45, 2.75) is 13.1 Å². The van der Waals surface area contributed by atoms with Gasteiger partial charge in [-0.2, -0.15) is 0 Å². The molecule has 0 N–H and O–H groups in total. The zero-order valence-corrected chi connectivity index (χ0v) is 5.54. The molecule has 1 aromatic heterocycles. The van der Waals surface area contributed by atoms with Crippen LogP contribution in [0.2, 0.25) is 6.82 Å². The first-order valence-corrected chi connectivity index (χ1v) is 3.10. The number of hydrogen-bond donors (Lipinski definition) is 0. The molecule has 1 radical (unpaired) electrons. The van der Waals surface area contributed by atoms with Crippen LogP contribution in [-0.4, -0.2) is 12.3 Å². The largest absolute Gasteiger partial charge is 0.264 e. The van der Waals surface area contributed by atoms with Crippen molar-refractivity contribution < 1.29 is 0 Å². The van der Waals surface area contributed by atoms with Crippen LogP contribution in [0.25, 0.3) is 0 Å². The molecule has 1 heterocycles. The van der Waals surface area contributed by atoms with E-state index in [1.165, 1.54) is 5.56 Å². The highest BCUT2D eigenvalue weighted by atomic mass is 14.6. The van der Waals surface area contributed by atoms with Gasteiger partial charge >= 0.3 is 0 Å². The van der Waals surface area contributed by atoms with Crippen LogP contribution in [-0.2, 0) is 6.32 Å². The van der Waals surface area contributed by atoms with Gasteiger partial charge in [0.1, 0.15) is 7.28 Å². The molecule has 2 heteroatoms. The Labute approximate surface area is 56.4 Å².